The minimum atomic E-state index is -4.86. The van der Waals surface area contributed by atoms with E-state index in [9.17, 15) is 23.1 Å². The van der Waals surface area contributed by atoms with Crippen molar-refractivity contribution in [1.29, 1.82) is 0 Å². The highest BCUT2D eigenvalue weighted by Gasteiger charge is 2.56. The van der Waals surface area contributed by atoms with Crippen LogP contribution in [0.15, 0.2) is 24.3 Å². The van der Waals surface area contributed by atoms with Crippen LogP contribution in [0.5, 0.6) is 11.5 Å². The molecule has 0 aromatic heterocycles. The van der Waals surface area contributed by atoms with Crippen LogP contribution in [0.4, 0.5) is 13.2 Å². The van der Waals surface area contributed by atoms with Gasteiger partial charge in [-0.05, 0) is 31.9 Å². The van der Waals surface area contributed by atoms with Gasteiger partial charge in [-0.3, -0.25) is 0 Å². The van der Waals surface area contributed by atoms with E-state index in [1.54, 1.807) is 6.92 Å². The Balaban J connectivity index is 2.19. The average molecular weight is 320 g/mol. The fourth-order valence-electron chi connectivity index (χ4n) is 2.32. The Bertz CT molecular complexity index is 546. The van der Waals surface area contributed by atoms with Gasteiger partial charge in [0.15, 0.2) is 11.5 Å². The van der Waals surface area contributed by atoms with Crippen molar-refractivity contribution in [2.45, 2.75) is 37.8 Å². The number of carboxylic acids is 1. The first kappa shape index (κ1) is 16.4. The second-order valence-corrected chi connectivity index (χ2v) is 4.77. The molecule has 8 heteroatoms. The van der Waals surface area contributed by atoms with E-state index in [1.807, 2.05) is 0 Å². The zero-order valence-corrected chi connectivity index (χ0v) is 11.7. The highest BCUT2D eigenvalue weighted by Crippen LogP contribution is 2.42. The van der Waals surface area contributed by atoms with Crippen LogP contribution in [-0.2, 0) is 9.53 Å². The van der Waals surface area contributed by atoms with Crippen LogP contribution in [0.1, 0.15) is 19.8 Å². The smallest absolute Gasteiger partial charge is 0.483 e. The van der Waals surface area contributed by atoms with Crippen LogP contribution >= 0.6 is 0 Å². The topological polar surface area (TPSA) is 65.0 Å². The van der Waals surface area contributed by atoms with Gasteiger partial charge in [0.1, 0.15) is 6.10 Å². The first-order chi connectivity index (χ1) is 10.3. The Hall–Kier alpha value is -1.96. The fourth-order valence-corrected chi connectivity index (χ4v) is 2.32. The summed E-state index contributed by atoms with van der Waals surface area (Å²) < 4.78 is 51.6. The number of para-hydroxylation sites is 2. The van der Waals surface area contributed by atoms with E-state index in [4.69, 9.17) is 9.47 Å². The SMILES string of the molecule is CCOC1(C(=O)O)CCC1Oc1ccccc1OC(F)(F)F. The number of ether oxygens (including phenoxy) is 3. The summed E-state index contributed by atoms with van der Waals surface area (Å²) in [5, 5.41) is 9.30. The maximum atomic E-state index is 12.4. The van der Waals surface area contributed by atoms with E-state index in [0.29, 0.717) is 6.42 Å². The first-order valence-corrected chi connectivity index (χ1v) is 6.67. The van der Waals surface area contributed by atoms with Gasteiger partial charge >= 0.3 is 12.3 Å². The standard InChI is InChI=1S/C14H15F3O5/c1-2-20-13(12(18)19)8-7-11(13)21-9-5-3-4-6-10(9)22-14(15,16)17/h3-6,11H,2,7-8H2,1H3,(H,18,19). The van der Waals surface area contributed by atoms with Crippen LogP contribution in [0, 0.1) is 0 Å². The second-order valence-electron chi connectivity index (χ2n) is 4.77. The van der Waals surface area contributed by atoms with Crippen LogP contribution in [0.25, 0.3) is 0 Å². The Kier molecular flexibility index (Phi) is 4.50. The fraction of sp³-hybridized carbons (Fsp3) is 0.500. The zero-order chi connectivity index (χ0) is 16.4. The minimum absolute atomic E-state index is 0.160. The monoisotopic (exact) mass is 320 g/mol. The van der Waals surface area contributed by atoms with E-state index in [0.717, 1.165) is 6.07 Å². The molecule has 1 aliphatic carbocycles. The molecule has 2 unspecified atom stereocenters. The van der Waals surface area contributed by atoms with Crippen molar-refractivity contribution < 1.29 is 37.3 Å². The molecular formula is C14H15F3O5. The lowest BCUT2D eigenvalue weighted by molar-refractivity contribution is -0.275. The molecule has 0 heterocycles. The Morgan fingerprint density at radius 1 is 1.36 bits per heavy atom. The van der Waals surface area contributed by atoms with Crippen molar-refractivity contribution in [2.24, 2.45) is 0 Å². The van der Waals surface area contributed by atoms with E-state index in [1.165, 1.54) is 18.2 Å². The number of carboxylic acid groups (broad SMARTS) is 1. The van der Waals surface area contributed by atoms with Crippen LogP contribution in [0.2, 0.25) is 0 Å². The highest BCUT2D eigenvalue weighted by atomic mass is 19.4. The van der Waals surface area contributed by atoms with Gasteiger partial charge in [0.05, 0.1) is 0 Å². The third-order valence-corrected chi connectivity index (χ3v) is 3.41. The largest absolute Gasteiger partial charge is 0.573 e. The third kappa shape index (κ3) is 3.27. The molecule has 0 radical (unpaired) electrons. The number of aliphatic carboxylic acids is 1. The van der Waals surface area contributed by atoms with Crippen molar-refractivity contribution >= 4 is 5.97 Å². The van der Waals surface area contributed by atoms with E-state index in [-0.39, 0.29) is 18.8 Å². The van der Waals surface area contributed by atoms with Gasteiger partial charge in [-0.1, -0.05) is 12.1 Å². The molecule has 1 aliphatic rings. The van der Waals surface area contributed by atoms with Gasteiger partial charge in [-0.25, -0.2) is 4.79 Å². The van der Waals surface area contributed by atoms with Gasteiger partial charge in [-0.2, -0.15) is 0 Å². The molecule has 0 spiro atoms. The summed E-state index contributed by atoms with van der Waals surface area (Å²) in [4.78, 5) is 11.4. The van der Waals surface area contributed by atoms with Gasteiger partial charge in [-0.15, -0.1) is 13.2 Å². The molecule has 5 nitrogen and oxygen atoms in total. The van der Waals surface area contributed by atoms with Crippen molar-refractivity contribution in [1.82, 2.24) is 0 Å². The number of hydrogen-bond acceptors (Lipinski definition) is 4. The van der Waals surface area contributed by atoms with E-state index >= 15 is 0 Å². The third-order valence-electron chi connectivity index (χ3n) is 3.41. The molecule has 0 amide bonds. The molecule has 2 rings (SSSR count). The normalized spacial score (nSPS) is 24.5. The summed E-state index contributed by atoms with van der Waals surface area (Å²) in [5.74, 6) is -1.88. The molecule has 0 saturated heterocycles. The number of carbonyl (C=O) groups is 1. The molecule has 1 aromatic carbocycles. The molecule has 1 fully saturated rings. The van der Waals surface area contributed by atoms with Crippen LogP contribution in [-0.4, -0.2) is 35.8 Å². The summed E-state index contributed by atoms with van der Waals surface area (Å²) in [7, 11) is 0. The number of hydrogen-bond donors (Lipinski definition) is 1. The van der Waals surface area contributed by atoms with E-state index in [2.05, 4.69) is 4.74 Å². The van der Waals surface area contributed by atoms with Crippen molar-refractivity contribution in [3.63, 3.8) is 0 Å². The molecule has 122 valence electrons. The molecule has 1 N–H and O–H groups in total. The lowest BCUT2D eigenvalue weighted by atomic mass is 9.76. The van der Waals surface area contributed by atoms with Crippen LogP contribution in [0.3, 0.4) is 0 Å². The van der Waals surface area contributed by atoms with Gasteiger partial charge < -0.3 is 19.3 Å². The van der Waals surface area contributed by atoms with Crippen molar-refractivity contribution in [3.05, 3.63) is 24.3 Å². The molecule has 0 bridgehead atoms. The summed E-state index contributed by atoms with van der Waals surface area (Å²) in [5.41, 5.74) is -1.53. The summed E-state index contributed by atoms with van der Waals surface area (Å²) in [6, 6.07) is 5.23. The summed E-state index contributed by atoms with van der Waals surface area (Å²) in [6.45, 7) is 1.80. The maximum absolute atomic E-state index is 12.4. The predicted molar refractivity (Wildman–Crippen MR) is 68.8 cm³/mol. The van der Waals surface area contributed by atoms with Gasteiger partial charge in [0, 0.05) is 6.61 Å². The molecule has 0 aliphatic heterocycles. The molecule has 22 heavy (non-hydrogen) atoms. The van der Waals surface area contributed by atoms with Gasteiger partial charge in [0.2, 0.25) is 5.60 Å². The van der Waals surface area contributed by atoms with E-state index < -0.39 is 29.8 Å². The predicted octanol–water partition coefficient (Wildman–Crippen LogP) is 2.99. The maximum Gasteiger partial charge on any atom is 0.573 e. The molecule has 1 aromatic rings. The molecule has 1 saturated carbocycles. The summed E-state index contributed by atoms with van der Waals surface area (Å²) in [6.07, 6.45) is -5.12. The Labute approximate surface area is 124 Å². The van der Waals surface area contributed by atoms with Crippen molar-refractivity contribution in [2.75, 3.05) is 6.61 Å². The minimum Gasteiger partial charge on any atom is -0.483 e. The lowest BCUT2D eigenvalue weighted by Crippen LogP contribution is -2.61. The second kappa shape index (κ2) is 6.04. The average Bonchev–Trinajstić information content (AvgIpc) is 2.40. The number of rotatable bonds is 6. The highest BCUT2D eigenvalue weighted by molar-refractivity contribution is 5.80. The Morgan fingerprint density at radius 2 is 2.00 bits per heavy atom. The lowest BCUT2D eigenvalue weighted by Gasteiger charge is -2.44. The number of benzene rings is 1. The number of alkyl halides is 3. The van der Waals surface area contributed by atoms with Gasteiger partial charge in [0.25, 0.3) is 0 Å². The summed E-state index contributed by atoms with van der Waals surface area (Å²) >= 11 is 0. The zero-order valence-electron chi connectivity index (χ0n) is 11.7. The number of halogens is 3. The molecule has 2 atom stereocenters. The Morgan fingerprint density at radius 3 is 2.45 bits per heavy atom. The van der Waals surface area contributed by atoms with Crippen LogP contribution < -0.4 is 9.47 Å². The first-order valence-electron chi connectivity index (χ1n) is 6.67. The van der Waals surface area contributed by atoms with Crippen molar-refractivity contribution in [3.8, 4) is 11.5 Å². The quantitative estimate of drug-likeness (QED) is 0.873. The molecular weight excluding hydrogens is 305 g/mol.